The monoisotopic (exact) mass is 270 g/mol. The number of nitrogens with two attached hydrogens (primary N) is 1. The molecule has 1 heterocycles. The lowest BCUT2D eigenvalue weighted by Crippen LogP contribution is -2.17. The van der Waals surface area contributed by atoms with Crippen molar-refractivity contribution >= 4 is 27.8 Å². The number of unbranched alkanes of at least 4 members (excludes halogenated alkanes) is 1. The van der Waals surface area contributed by atoms with Crippen LogP contribution in [0, 0.1) is 0 Å². The Morgan fingerprint density at radius 1 is 1.44 bits per heavy atom. The van der Waals surface area contributed by atoms with Crippen LogP contribution in [0.15, 0.2) is 0 Å². The van der Waals surface area contributed by atoms with Crippen molar-refractivity contribution in [2.75, 3.05) is 31.3 Å². The molecule has 1 aromatic rings. The largest absolute Gasteiger partial charge is 0.492 e. The number of ketones is 1. The zero-order valence-corrected chi connectivity index (χ0v) is 12.4. The molecule has 0 bridgehead atoms. The molecule has 1 aromatic heterocycles. The minimum atomic E-state index is 0.0749. The molecule has 0 aliphatic rings. The summed E-state index contributed by atoms with van der Waals surface area (Å²) in [4.78, 5) is 14.5. The zero-order chi connectivity index (χ0) is 13.7. The Labute approximate surface area is 113 Å². The molecule has 2 N–H and O–H groups in total. The maximum atomic E-state index is 11.8. The van der Waals surface area contributed by atoms with E-state index in [1.807, 2.05) is 14.0 Å². The number of nitrogen functional groups attached to an aromatic ring is 1. The first kappa shape index (κ1) is 14.8. The quantitative estimate of drug-likeness (QED) is 0.773. The topological polar surface area (TPSA) is 55.6 Å². The van der Waals surface area contributed by atoms with E-state index in [1.165, 1.54) is 11.3 Å². The Bertz CT molecular complexity index is 415. The van der Waals surface area contributed by atoms with Gasteiger partial charge in [0.25, 0.3) is 0 Å². The number of hydrogen-bond acceptors (Lipinski definition) is 5. The lowest BCUT2D eigenvalue weighted by atomic mass is 10.2. The van der Waals surface area contributed by atoms with Crippen LogP contribution < -0.4 is 15.4 Å². The highest BCUT2D eigenvalue weighted by atomic mass is 32.1. The molecule has 0 saturated heterocycles. The van der Waals surface area contributed by atoms with Crippen molar-refractivity contribution in [1.82, 2.24) is 0 Å². The molecule has 5 heteroatoms. The van der Waals surface area contributed by atoms with Crippen molar-refractivity contribution in [1.29, 1.82) is 0 Å². The van der Waals surface area contributed by atoms with Crippen LogP contribution in [0.3, 0.4) is 0 Å². The molecule has 4 nitrogen and oxygen atoms in total. The van der Waals surface area contributed by atoms with E-state index >= 15 is 0 Å². The molecular formula is C13H22N2O2S. The molecule has 0 radical (unpaired) electrons. The Morgan fingerprint density at radius 2 is 2.11 bits per heavy atom. The highest BCUT2D eigenvalue weighted by Crippen LogP contribution is 2.44. The fraction of sp³-hybridized carbons (Fsp3) is 0.615. The number of thiophene rings is 1. The predicted molar refractivity (Wildman–Crippen MR) is 78.1 cm³/mol. The molecule has 1 rings (SSSR count). The Kier molecular flexibility index (Phi) is 5.47. The van der Waals surface area contributed by atoms with E-state index < -0.39 is 0 Å². The van der Waals surface area contributed by atoms with Crippen LogP contribution in [0.4, 0.5) is 10.7 Å². The van der Waals surface area contributed by atoms with Crippen molar-refractivity contribution in [3.63, 3.8) is 0 Å². The third-order valence-corrected chi connectivity index (χ3v) is 4.20. The first-order chi connectivity index (χ1) is 8.56. The average Bonchev–Trinajstić information content (AvgIpc) is 2.72. The van der Waals surface area contributed by atoms with Gasteiger partial charge < -0.3 is 15.4 Å². The fourth-order valence-corrected chi connectivity index (χ4v) is 2.92. The van der Waals surface area contributed by atoms with Crippen LogP contribution in [-0.2, 0) is 0 Å². The van der Waals surface area contributed by atoms with Gasteiger partial charge in [-0.05, 0) is 6.42 Å². The summed E-state index contributed by atoms with van der Waals surface area (Å²) in [6, 6.07) is 0. The van der Waals surface area contributed by atoms with E-state index in [1.54, 1.807) is 7.11 Å². The van der Waals surface area contributed by atoms with Gasteiger partial charge in [0.1, 0.15) is 5.00 Å². The summed E-state index contributed by atoms with van der Waals surface area (Å²) < 4.78 is 5.34. The molecule has 0 atom stereocenters. The van der Waals surface area contributed by atoms with Gasteiger partial charge in [-0.25, -0.2) is 0 Å². The van der Waals surface area contributed by atoms with E-state index in [9.17, 15) is 4.79 Å². The second-order valence-corrected chi connectivity index (χ2v) is 5.23. The van der Waals surface area contributed by atoms with Gasteiger partial charge in [0.2, 0.25) is 0 Å². The van der Waals surface area contributed by atoms with Gasteiger partial charge in [0, 0.05) is 20.0 Å². The van der Waals surface area contributed by atoms with E-state index in [4.69, 9.17) is 10.5 Å². The number of carbonyl (C=O) groups is 1. The first-order valence-corrected chi connectivity index (χ1v) is 7.08. The van der Waals surface area contributed by atoms with E-state index in [2.05, 4.69) is 11.8 Å². The first-order valence-electron chi connectivity index (χ1n) is 6.27. The van der Waals surface area contributed by atoms with Crippen LogP contribution in [0.1, 0.15) is 42.8 Å². The molecule has 0 amide bonds. The third-order valence-electron chi connectivity index (χ3n) is 2.85. The van der Waals surface area contributed by atoms with E-state index in [0.29, 0.717) is 22.7 Å². The van der Waals surface area contributed by atoms with Crippen LogP contribution >= 0.6 is 11.3 Å². The molecule has 0 unspecified atom stereocenters. The molecule has 102 valence electrons. The second kappa shape index (κ2) is 6.64. The molecule has 0 saturated carbocycles. The Hall–Kier alpha value is -1.23. The smallest absolute Gasteiger partial charge is 0.177 e. The number of ether oxygens (including phenoxy) is 1. The van der Waals surface area contributed by atoms with Gasteiger partial charge in [-0.2, -0.15) is 0 Å². The third kappa shape index (κ3) is 2.96. The standard InChI is InChI=1S/C13H22N2O2S/c1-5-7-8-15(3)13-11(17-4)10(14)12(18-13)9(16)6-2/h5-8,14H2,1-4H3. The summed E-state index contributed by atoms with van der Waals surface area (Å²) in [6.45, 7) is 4.93. The van der Waals surface area contributed by atoms with Gasteiger partial charge in [-0.3, -0.25) is 4.79 Å². The lowest BCUT2D eigenvalue weighted by molar-refractivity contribution is 0.0992. The number of methoxy groups -OCH3 is 1. The number of rotatable bonds is 7. The zero-order valence-electron chi connectivity index (χ0n) is 11.6. The summed E-state index contributed by atoms with van der Waals surface area (Å²) >= 11 is 1.43. The molecule has 0 aromatic carbocycles. The number of nitrogens with zero attached hydrogens (tertiary/aromatic N) is 1. The minimum Gasteiger partial charge on any atom is -0.492 e. The molecule has 0 fully saturated rings. The van der Waals surface area contributed by atoms with E-state index in [0.717, 1.165) is 24.4 Å². The molecule has 0 spiro atoms. The summed E-state index contributed by atoms with van der Waals surface area (Å²) in [6.07, 6.45) is 2.70. The minimum absolute atomic E-state index is 0.0749. The van der Waals surface area contributed by atoms with Crippen LogP contribution in [0.25, 0.3) is 0 Å². The Balaban J connectivity index is 3.07. The highest BCUT2D eigenvalue weighted by molar-refractivity contribution is 7.19. The van der Waals surface area contributed by atoms with Gasteiger partial charge in [0.05, 0.1) is 17.7 Å². The van der Waals surface area contributed by atoms with Crippen LogP contribution in [-0.4, -0.2) is 26.5 Å². The van der Waals surface area contributed by atoms with Gasteiger partial charge in [-0.1, -0.05) is 20.3 Å². The van der Waals surface area contributed by atoms with E-state index in [-0.39, 0.29) is 5.78 Å². The van der Waals surface area contributed by atoms with Crippen molar-refractivity contribution in [3.05, 3.63) is 4.88 Å². The number of anilines is 2. The normalized spacial score (nSPS) is 10.4. The molecule has 18 heavy (non-hydrogen) atoms. The van der Waals surface area contributed by atoms with Gasteiger partial charge in [-0.15, -0.1) is 11.3 Å². The van der Waals surface area contributed by atoms with Crippen molar-refractivity contribution in [3.8, 4) is 5.75 Å². The Morgan fingerprint density at radius 3 is 2.61 bits per heavy atom. The predicted octanol–water partition coefficient (Wildman–Crippen LogP) is 3.17. The fourth-order valence-electron chi connectivity index (χ4n) is 1.73. The lowest BCUT2D eigenvalue weighted by Gasteiger charge is -2.18. The maximum Gasteiger partial charge on any atom is 0.177 e. The van der Waals surface area contributed by atoms with Gasteiger partial charge >= 0.3 is 0 Å². The second-order valence-electron chi connectivity index (χ2n) is 4.24. The summed E-state index contributed by atoms with van der Waals surface area (Å²) in [5.41, 5.74) is 6.47. The van der Waals surface area contributed by atoms with Gasteiger partial charge in [0.15, 0.2) is 11.5 Å². The average molecular weight is 270 g/mol. The summed E-state index contributed by atoms with van der Waals surface area (Å²) in [5, 5.41) is 0.945. The van der Waals surface area contributed by atoms with Crippen molar-refractivity contribution in [2.45, 2.75) is 33.1 Å². The van der Waals surface area contributed by atoms with Crippen LogP contribution in [0.5, 0.6) is 5.75 Å². The number of Topliss-reactive ketones (excluding diaryl/α,β-unsaturated/α-hetero) is 1. The van der Waals surface area contributed by atoms with Crippen LogP contribution in [0.2, 0.25) is 0 Å². The number of hydrogen-bond donors (Lipinski definition) is 1. The summed E-state index contributed by atoms with van der Waals surface area (Å²) in [5.74, 6) is 0.710. The molecule has 0 aliphatic carbocycles. The SMILES string of the molecule is CCCCN(C)c1sc(C(=O)CC)c(N)c1OC. The van der Waals surface area contributed by atoms with Crippen molar-refractivity contribution < 1.29 is 9.53 Å². The maximum absolute atomic E-state index is 11.8. The molecule has 0 aliphatic heterocycles. The molecular weight excluding hydrogens is 248 g/mol. The van der Waals surface area contributed by atoms with Crippen molar-refractivity contribution in [2.24, 2.45) is 0 Å². The summed E-state index contributed by atoms with van der Waals surface area (Å²) in [7, 11) is 3.60. The number of carbonyl (C=O) groups excluding carboxylic acids is 1. The highest BCUT2D eigenvalue weighted by Gasteiger charge is 2.22.